The lowest BCUT2D eigenvalue weighted by molar-refractivity contribution is -0.137. The molecule has 0 aromatic rings. The lowest BCUT2D eigenvalue weighted by Crippen LogP contribution is -2.50. The van der Waals surface area contributed by atoms with Crippen molar-refractivity contribution >= 4 is 5.91 Å². The SMILES string of the molecule is CCC1CCCN1C.CCN1CCC(C(=O)N2CCNCC2)CC1. The zero-order valence-electron chi connectivity index (χ0n) is 16.1. The van der Waals surface area contributed by atoms with Crippen LogP contribution in [-0.4, -0.2) is 86.1 Å². The maximum absolute atomic E-state index is 12.2. The molecule has 1 unspecified atom stereocenters. The Morgan fingerprint density at radius 1 is 1.00 bits per heavy atom. The van der Waals surface area contributed by atoms with Gasteiger partial charge in [-0.25, -0.2) is 0 Å². The number of amides is 1. The molecule has 3 aliphatic rings. The first-order valence-electron chi connectivity index (χ1n) is 10.1. The summed E-state index contributed by atoms with van der Waals surface area (Å²) < 4.78 is 0. The third-order valence-electron chi connectivity index (χ3n) is 5.96. The van der Waals surface area contributed by atoms with Gasteiger partial charge in [-0.1, -0.05) is 13.8 Å². The molecule has 0 saturated carbocycles. The van der Waals surface area contributed by atoms with Gasteiger partial charge in [0.05, 0.1) is 0 Å². The molecule has 1 N–H and O–H groups in total. The lowest BCUT2D eigenvalue weighted by atomic mass is 9.95. The van der Waals surface area contributed by atoms with Crippen molar-refractivity contribution in [1.29, 1.82) is 0 Å². The number of piperazine rings is 1. The van der Waals surface area contributed by atoms with Gasteiger partial charge in [-0.15, -0.1) is 0 Å². The average Bonchev–Trinajstić information content (AvgIpc) is 3.07. The summed E-state index contributed by atoms with van der Waals surface area (Å²) in [6.07, 6.45) is 6.27. The zero-order valence-corrected chi connectivity index (χ0v) is 16.1. The topological polar surface area (TPSA) is 38.8 Å². The Morgan fingerprint density at radius 2 is 1.67 bits per heavy atom. The highest BCUT2D eigenvalue weighted by Crippen LogP contribution is 2.19. The van der Waals surface area contributed by atoms with Crippen molar-refractivity contribution in [3.63, 3.8) is 0 Å². The highest BCUT2D eigenvalue weighted by Gasteiger charge is 2.28. The molecule has 1 atom stereocenters. The average molecular weight is 339 g/mol. The number of carbonyl (C=O) groups is 1. The van der Waals surface area contributed by atoms with E-state index in [0.29, 0.717) is 11.8 Å². The third kappa shape index (κ3) is 5.71. The van der Waals surface area contributed by atoms with Gasteiger partial charge < -0.3 is 20.0 Å². The molecule has 0 spiro atoms. The number of likely N-dealkylation sites (tertiary alicyclic amines) is 2. The van der Waals surface area contributed by atoms with Crippen LogP contribution < -0.4 is 5.32 Å². The zero-order chi connectivity index (χ0) is 17.4. The molecule has 0 aromatic carbocycles. The van der Waals surface area contributed by atoms with Gasteiger partial charge in [0, 0.05) is 38.1 Å². The fourth-order valence-corrected chi connectivity index (χ4v) is 4.13. The first kappa shape index (κ1) is 19.7. The minimum Gasteiger partial charge on any atom is -0.340 e. The van der Waals surface area contributed by atoms with E-state index in [0.717, 1.165) is 64.7 Å². The lowest BCUT2D eigenvalue weighted by Gasteiger charge is -2.35. The van der Waals surface area contributed by atoms with Crippen molar-refractivity contribution < 1.29 is 4.79 Å². The second-order valence-corrected chi connectivity index (χ2v) is 7.47. The largest absolute Gasteiger partial charge is 0.340 e. The molecule has 0 bridgehead atoms. The van der Waals surface area contributed by atoms with Gasteiger partial charge in [0.15, 0.2) is 0 Å². The predicted octanol–water partition coefficient (Wildman–Crippen LogP) is 1.64. The quantitative estimate of drug-likeness (QED) is 0.849. The standard InChI is InChI=1S/C12H23N3O.C7H15N/c1-2-14-7-3-11(4-8-14)12(16)15-9-5-13-6-10-15;1-3-7-5-4-6-8(7)2/h11,13H,2-10H2,1H3;7H,3-6H2,1-2H3. The smallest absolute Gasteiger partial charge is 0.225 e. The molecule has 0 aliphatic carbocycles. The first-order valence-corrected chi connectivity index (χ1v) is 10.1. The van der Waals surface area contributed by atoms with E-state index in [-0.39, 0.29) is 0 Å². The van der Waals surface area contributed by atoms with Crippen LogP contribution in [0.3, 0.4) is 0 Å². The van der Waals surface area contributed by atoms with Gasteiger partial charge in [-0.2, -0.15) is 0 Å². The molecule has 0 radical (unpaired) electrons. The Hall–Kier alpha value is -0.650. The van der Waals surface area contributed by atoms with E-state index >= 15 is 0 Å². The number of nitrogens with one attached hydrogen (secondary N) is 1. The number of hydrogen-bond acceptors (Lipinski definition) is 4. The molecule has 3 aliphatic heterocycles. The minimum absolute atomic E-state index is 0.292. The second kappa shape index (κ2) is 10.4. The van der Waals surface area contributed by atoms with Crippen LogP contribution in [0, 0.1) is 5.92 Å². The normalized spacial score (nSPS) is 27.0. The van der Waals surface area contributed by atoms with Gasteiger partial charge >= 0.3 is 0 Å². The van der Waals surface area contributed by atoms with Crippen LogP contribution in [0.1, 0.15) is 46.0 Å². The predicted molar refractivity (Wildman–Crippen MR) is 100 cm³/mol. The Kier molecular flexibility index (Phi) is 8.50. The van der Waals surface area contributed by atoms with Crippen molar-refractivity contribution in [2.24, 2.45) is 5.92 Å². The second-order valence-electron chi connectivity index (χ2n) is 7.47. The van der Waals surface area contributed by atoms with Crippen molar-refractivity contribution in [2.75, 3.05) is 59.4 Å². The van der Waals surface area contributed by atoms with Gasteiger partial charge in [0.1, 0.15) is 0 Å². The van der Waals surface area contributed by atoms with Crippen LogP contribution in [0.25, 0.3) is 0 Å². The number of rotatable bonds is 3. The number of piperidine rings is 1. The summed E-state index contributed by atoms with van der Waals surface area (Å²) in [7, 11) is 2.22. The monoisotopic (exact) mass is 338 g/mol. The summed E-state index contributed by atoms with van der Waals surface area (Å²) in [6.45, 7) is 12.8. The van der Waals surface area contributed by atoms with E-state index in [2.05, 4.69) is 36.0 Å². The van der Waals surface area contributed by atoms with Crippen LogP contribution in [0.5, 0.6) is 0 Å². The van der Waals surface area contributed by atoms with Crippen LogP contribution in [0.2, 0.25) is 0 Å². The molecule has 3 rings (SSSR count). The summed E-state index contributed by atoms with van der Waals surface area (Å²) in [5, 5.41) is 3.29. The van der Waals surface area contributed by atoms with Gasteiger partial charge in [-0.3, -0.25) is 4.79 Å². The molecule has 140 valence electrons. The van der Waals surface area contributed by atoms with Crippen LogP contribution in [0.15, 0.2) is 0 Å². The van der Waals surface area contributed by atoms with E-state index in [1.54, 1.807) is 0 Å². The summed E-state index contributed by atoms with van der Waals surface area (Å²) in [6, 6.07) is 0.898. The number of carbonyl (C=O) groups excluding carboxylic acids is 1. The van der Waals surface area contributed by atoms with E-state index in [4.69, 9.17) is 0 Å². The summed E-state index contributed by atoms with van der Waals surface area (Å²) in [5.74, 6) is 0.693. The fraction of sp³-hybridized carbons (Fsp3) is 0.947. The van der Waals surface area contributed by atoms with Crippen LogP contribution >= 0.6 is 0 Å². The molecular weight excluding hydrogens is 300 g/mol. The van der Waals surface area contributed by atoms with Crippen molar-refractivity contribution in [3.05, 3.63) is 0 Å². The first-order chi connectivity index (χ1) is 11.7. The minimum atomic E-state index is 0.292. The Bertz CT molecular complexity index is 362. The summed E-state index contributed by atoms with van der Waals surface area (Å²) in [5.41, 5.74) is 0. The van der Waals surface area contributed by atoms with Crippen LogP contribution in [-0.2, 0) is 4.79 Å². The fourth-order valence-electron chi connectivity index (χ4n) is 4.13. The van der Waals surface area contributed by atoms with Crippen molar-refractivity contribution in [1.82, 2.24) is 20.0 Å². The molecule has 24 heavy (non-hydrogen) atoms. The van der Waals surface area contributed by atoms with E-state index < -0.39 is 0 Å². The maximum Gasteiger partial charge on any atom is 0.225 e. The van der Waals surface area contributed by atoms with Gasteiger partial charge in [0.2, 0.25) is 5.91 Å². The van der Waals surface area contributed by atoms with Crippen molar-refractivity contribution in [3.8, 4) is 0 Å². The molecule has 3 fully saturated rings. The molecule has 3 heterocycles. The van der Waals surface area contributed by atoms with Gasteiger partial charge in [0.25, 0.3) is 0 Å². The highest BCUT2D eigenvalue weighted by atomic mass is 16.2. The van der Waals surface area contributed by atoms with E-state index in [1.807, 2.05) is 4.90 Å². The van der Waals surface area contributed by atoms with E-state index in [1.165, 1.54) is 25.8 Å². The maximum atomic E-state index is 12.2. The summed E-state index contributed by atoms with van der Waals surface area (Å²) in [4.78, 5) is 19.2. The molecule has 1 amide bonds. The van der Waals surface area contributed by atoms with Gasteiger partial charge in [-0.05, 0) is 65.3 Å². The van der Waals surface area contributed by atoms with E-state index in [9.17, 15) is 4.79 Å². The number of hydrogen-bond donors (Lipinski definition) is 1. The molecule has 5 heteroatoms. The molecule has 3 saturated heterocycles. The molecule has 0 aromatic heterocycles. The molecule has 5 nitrogen and oxygen atoms in total. The summed E-state index contributed by atoms with van der Waals surface area (Å²) >= 11 is 0. The van der Waals surface area contributed by atoms with Crippen molar-refractivity contribution in [2.45, 2.75) is 52.0 Å². The highest BCUT2D eigenvalue weighted by molar-refractivity contribution is 5.79. The Balaban J connectivity index is 0.000000219. The third-order valence-corrected chi connectivity index (χ3v) is 5.96. The molecular formula is C19H38N4O. The van der Waals surface area contributed by atoms with Crippen LogP contribution in [0.4, 0.5) is 0 Å². The Labute approximate surface area is 148 Å². The Morgan fingerprint density at radius 3 is 2.12 bits per heavy atom. The number of nitrogens with zero attached hydrogens (tertiary/aromatic N) is 3.